The van der Waals surface area contributed by atoms with Crippen LogP contribution in [0.15, 0.2) is 30.5 Å². The van der Waals surface area contributed by atoms with Crippen LogP contribution in [-0.4, -0.2) is 35.0 Å². The van der Waals surface area contributed by atoms with E-state index in [-0.39, 0.29) is 23.8 Å². The van der Waals surface area contributed by atoms with Crippen LogP contribution in [0.4, 0.5) is 19.0 Å². The largest absolute Gasteiger partial charge is 0.497 e. The van der Waals surface area contributed by atoms with Gasteiger partial charge in [-0.15, -0.1) is 0 Å². The van der Waals surface area contributed by atoms with E-state index in [0.717, 1.165) is 4.68 Å². The average molecular weight is 396 g/mol. The number of carbonyl (C=O) groups excluding carboxylic acids is 1. The van der Waals surface area contributed by atoms with Crippen LogP contribution in [0.25, 0.3) is 0 Å². The molecular formula is C19H23F3N4O2. The van der Waals surface area contributed by atoms with E-state index in [2.05, 4.69) is 15.7 Å². The fourth-order valence-electron chi connectivity index (χ4n) is 3.19. The van der Waals surface area contributed by atoms with Gasteiger partial charge in [0.15, 0.2) is 6.04 Å². The van der Waals surface area contributed by atoms with Crippen molar-refractivity contribution in [3.8, 4) is 5.75 Å². The van der Waals surface area contributed by atoms with Crippen molar-refractivity contribution < 1.29 is 22.7 Å². The lowest BCUT2D eigenvalue weighted by molar-refractivity contribution is -0.173. The summed E-state index contributed by atoms with van der Waals surface area (Å²) in [6, 6.07) is 4.30. The van der Waals surface area contributed by atoms with Crippen LogP contribution in [0.5, 0.6) is 5.75 Å². The quantitative estimate of drug-likeness (QED) is 0.799. The summed E-state index contributed by atoms with van der Waals surface area (Å²) in [6.45, 7) is 3.75. The summed E-state index contributed by atoms with van der Waals surface area (Å²) in [5, 5.41) is 9.72. The molecule has 0 bridgehead atoms. The maximum atomic E-state index is 13.7. The highest BCUT2D eigenvalue weighted by molar-refractivity contribution is 5.99. The molecule has 2 N–H and O–H groups in total. The Morgan fingerprint density at radius 2 is 2.07 bits per heavy atom. The van der Waals surface area contributed by atoms with E-state index in [1.54, 1.807) is 24.3 Å². The van der Waals surface area contributed by atoms with Crippen molar-refractivity contribution >= 4 is 11.7 Å². The molecule has 2 heterocycles. The second kappa shape index (κ2) is 7.73. The second-order valence-corrected chi connectivity index (χ2v) is 6.90. The summed E-state index contributed by atoms with van der Waals surface area (Å²) in [4.78, 5) is 12.5. The predicted molar refractivity (Wildman–Crippen MR) is 98.5 cm³/mol. The van der Waals surface area contributed by atoms with E-state index >= 15 is 0 Å². The number of methoxy groups -OCH3 is 1. The van der Waals surface area contributed by atoms with Crippen molar-refractivity contribution in [2.24, 2.45) is 0 Å². The van der Waals surface area contributed by atoms with Crippen LogP contribution in [0, 0.1) is 0 Å². The van der Waals surface area contributed by atoms with E-state index in [9.17, 15) is 18.0 Å². The van der Waals surface area contributed by atoms with E-state index in [1.807, 2.05) is 13.8 Å². The van der Waals surface area contributed by atoms with Gasteiger partial charge in [-0.2, -0.15) is 18.3 Å². The number of alkyl halides is 3. The monoisotopic (exact) mass is 396 g/mol. The first-order valence-electron chi connectivity index (χ1n) is 9.10. The van der Waals surface area contributed by atoms with Crippen molar-refractivity contribution in [1.29, 1.82) is 0 Å². The Morgan fingerprint density at radius 3 is 2.64 bits per heavy atom. The molecule has 6 nitrogen and oxygen atoms in total. The number of aromatic nitrogens is 2. The standard InChI is InChI=1S/C19H23F3N4O2/c1-4-11(2)24-18(27)14-10-23-26-16(19(20,21)22)9-15(25-17(14)26)12-5-7-13(28-3)8-6-12/h5-8,10-11,15-16,25H,4,9H2,1-3H3,(H,24,27)/t11-,15-,16+/m1/s1. The highest BCUT2D eigenvalue weighted by Gasteiger charge is 2.47. The third kappa shape index (κ3) is 3.93. The van der Waals surface area contributed by atoms with E-state index in [0.29, 0.717) is 17.7 Å². The average Bonchev–Trinajstić information content (AvgIpc) is 3.10. The summed E-state index contributed by atoms with van der Waals surface area (Å²) >= 11 is 0. The molecule has 1 amide bonds. The molecule has 0 spiro atoms. The minimum atomic E-state index is -4.49. The maximum Gasteiger partial charge on any atom is 0.410 e. The normalized spacial score (nSPS) is 20.1. The van der Waals surface area contributed by atoms with Crippen LogP contribution in [0.1, 0.15) is 54.7 Å². The number of ether oxygens (including phenoxy) is 1. The van der Waals surface area contributed by atoms with Crippen molar-refractivity contribution in [3.05, 3.63) is 41.6 Å². The Kier molecular flexibility index (Phi) is 5.53. The summed E-state index contributed by atoms with van der Waals surface area (Å²) in [5.74, 6) is 0.250. The number of rotatable bonds is 5. The van der Waals surface area contributed by atoms with Gasteiger partial charge in [-0.3, -0.25) is 4.79 Å². The maximum absolute atomic E-state index is 13.7. The van der Waals surface area contributed by atoms with Crippen molar-refractivity contribution in [1.82, 2.24) is 15.1 Å². The van der Waals surface area contributed by atoms with Crippen molar-refractivity contribution in [2.45, 2.75) is 51.0 Å². The van der Waals surface area contributed by atoms with Gasteiger partial charge in [-0.25, -0.2) is 4.68 Å². The fraction of sp³-hybridized carbons (Fsp3) is 0.474. The summed E-state index contributed by atoms with van der Waals surface area (Å²) in [6.07, 6.45) is -2.81. The Labute approximate surface area is 161 Å². The molecule has 1 aromatic carbocycles. The Balaban J connectivity index is 1.96. The zero-order valence-corrected chi connectivity index (χ0v) is 15.9. The molecule has 0 saturated heterocycles. The number of benzene rings is 1. The van der Waals surface area contributed by atoms with Crippen molar-refractivity contribution in [3.63, 3.8) is 0 Å². The minimum Gasteiger partial charge on any atom is -0.497 e. The molecule has 1 aliphatic rings. The molecule has 28 heavy (non-hydrogen) atoms. The number of nitrogens with zero attached hydrogens (tertiary/aromatic N) is 2. The van der Waals surface area contributed by atoms with Crippen LogP contribution in [0.3, 0.4) is 0 Å². The highest BCUT2D eigenvalue weighted by atomic mass is 19.4. The SMILES string of the molecule is CC[C@@H](C)NC(=O)c1cnn2c1N[C@@H](c1ccc(OC)cc1)C[C@H]2C(F)(F)F. The van der Waals surface area contributed by atoms with Gasteiger partial charge < -0.3 is 15.4 Å². The number of halogens is 3. The van der Waals surface area contributed by atoms with Gasteiger partial charge in [0.05, 0.1) is 19.3 Å². The highest BCUT2D eigenvalue weighted by Crippen LogP contribution is 2.44. The second-order valence-electron chi connectivity index (χ2n) is 6.90. The predicted octanol–water partition coefficient (Wildman–Crippen LogP) is 4.08. The van der Waals surface area contributed by atoms with Gasteiger partial charge in [0.1, 0.15) is 17.1 Å². The van der Waals surface area contributed by atoms with Gasteiger partial charge in [-0.1, -0.05) is 19.1 Å². The van der Waals surface area contributed by atoms with E-state index in [4.69, 9.17) is 4.74 Å². The molecule has 0 radical (unpaired) electrons. The first-order chi connectivity index (χ1) is 13.2. The zero-order chi connectivity index (χ0) is 20.5. The third-order valence-corrected chi connectivity index (χ3v) is 4.99. The number of carbonyl (C=O) groups is 1. The number of anilines is 1. The lowest BCUT2D eigenvalue weighted by Gasteiger charge is -2.34. The van der Waals surface area contributed by atoms with Crippen LogP contribution < -0.4 is 15.4 Å². The summed E-state index contributed by atoms with van der Waals surface area (Å²) < 4.78 is 47.1. The fourth-order valence-corrected chi connectivity index (χ4v) is 3.19. The molecular weight excluding hydrogens is 373 g/mol. The summed E-state index contributed by atoms with van der Waals surface area (Å²) in [5.41, 5.74) is 0.781. The minimum absolute atomic E-state index is 0.0789. The number of nitrogens with one attached hydrogen (secondary N) is 2. The molecule has 1 aromatic heterocycles. The smallest absolute Gasteiger partial charge is 0.410 e. The van der Waals surface area contributed by atoms with Gasteiger partial charge in [-0.05, 0) is 31.0 Å². The zero-order valence-electron chi connectivity index (χ0n) is 15.9. The summed E-state index contributed by atoms with van der Waals surface area (Å²) in [7, 11) is 1.52. The van der Waals surface area contributed by atoms with Crippen LogP contribution in [0.2, 0.25) is 0 Å². The molecule has 0 fully saturated rings. The first-order valence-corrected chi connectivity index (χ1v) is 9.10. The number of hydrogen-bond acceptors (Lipinski definition) is 4. The van der Waals surface area contributed by atoms with Gasteiger partial charge >= 0.3 is 6.18 Å². The van der Waals surface area contributed by atoms with Gasteiger partial charge in [0.25, 0.3) is 5.91 Å². The molecule has 152 valence electrons. The lowest BCUT2D eigenvalue weighted by atomic mass is 9.96. The number of fused-ring (bicyclic) bond motifs is 1. The molecule has 0 aliphatic carbocycles. The lowest BCUT2D eigenvalue weighted by Crippen LogP contribution is -2.37. The third-order valence-electron chi connectivity index (χ3n) is 4.99. The van der Waals surface area contributed by atoms with Crippen molar-refractivity contribution in [2.75, 3.05) is 12.4 Å². The topological polar surface area (TPSA) is 68.2 Å². The molecule has 3 atom stereocenters. The van der Waals surface area contributed by atoms with E-state index in [1.165, 1.54) is 13.3 Å². The Bertz CT molecular complexity index is 833. The number of amides is 1. The molecule has 9 heteroatoms. The Morgan fingerprint density at radius 1 is 1.39 bits per heavy atom. The molecule has 0 saturated carbocycles. The van der Waals surface area contributed by atoms with Crippen LogP contribution >= 0.6 is 0 Å². The van der Waals surface area contributed by atoms with Gasteiger partial charge in [0, 0.05) is 12.5 Å². The number of hydrogen-bond donors (Lipinski definition) is 2. The first kappa shape index (κ1) is 20.0. The molecule has 1 aliphatic heterocycles. The molecule has 3 rings (SSSR count). The molecule has 0 unspecified atom stereocenters. The van der Waals surface area contributed by atoms with Gasteiger partial charge in [0.2, 0.25) is 0 Å². The molecule has 2 aromatic rings. The van der Waals surface area contributed by atoms with E-state index < -0.39 is 24.2 Å². The van der Waals surface area contributed by atoms with Crippen LogP contribution in [-0.2, 0) is 0 Å². The Hall–Kier alpha value is -2.71.